The minimum absolute atomic E-state index is 0.754. The average molecular weight is 169 g/mol. The van der Waals surface area contributed by atoms with Crippen molar-refractivity contribution in [3.05, 3.63) is 23.6 Å². The van der Waals surface area contributed by atoms with Crippen LogP contribution >= 0.6 is 0 Å². The summed E-state index contributed by atoms with van der Waals surface area (Å²) in [5.74, 6) is -4.49. The van der Waals surface area contributed by atoms with Crippen molar-refractivity contribution in [2.24, 2.45) is 5.73 Å². The van der Waals surface area contributed by atoms with Gasteiger partial charge in [-0.25, -0.2) is 4.39 Å². The van der Waals surface area contributed by atoms with Gasteiger partial charge in [-0.2, -0.15) is 0 Å². The van der Waals surface area contributed by atoms with E-state index in [0.717, 1.165) is 12.2 Å². The van der Waals surface area contributed by atoms with E-state index in [-0.39, 0.29) is 0 Å². The lowest BCUT2D eigenvalue weighted by Crippen LogP contribution is -2.24. The molecular weight excluding hydrogens is 165 g/mol. The molecule has 0 aromatic carbocycles. The van der Waals surface area contributed by atoms with Gasteiger partial charge < -0.3 is 5.73 Å². The second-order valence-corrected chi connectivity index (χ2v) is 2.12. The van der Waals surface area contributed by atoms with Crippen LogP contribution < -0.4 is 5.73 Å². The topological polar surface area (TPSA) is 77.2 Å². The molecule has 0 saturated heterocycles. The third-order valence-electron chi connectivity index (χ3n) is 1.31. The van der Waals surface area contributed by atoms with E-state index >= 15 is 0 Å². The van der Waals surface area contributed by atoms with Gasteiger partial charge in [0.15, 0.2) is 11.6 Å². The first-order chi connectivity index (χ1) is 5.54. The summed E-state index contributed by atoms with van der Waals surface area (Å²) in [5, 5.41) is 0. The summed E-state index contributed by atoms with van der Waals surface area (Å²) in [5.41, 5.74) is 3.79. The summed E-state index contributed by atoms with van der Waals surface area (Å²) < 4.78 is 12.7. The lowest BCUT2D eigenvalue weighted by atomic mass is 10.0. The first kappa shape index (κ1) is 8.32. The van der Waals surface area contributed by atoms with Crippen LogP contribution in [0.2, 0.25) is 0 Å². The Morgan fingerprint density at radius 3 is 2.17 bits per heavy atom. The Hall–Kier alpha value is -1.78. The fourth-order valence-electron chi connectivity index (χ4n) is 0.769. The molecule has 5 heteroatoms. The molecule has 0 fully saturated rings. The van der Waals surface area contributed by atoms with Crippen molar-refractivity contribution in [3.63, 3.8) is 0 Å². The fourth-order valence-corrected chi connectivity index (χ4v) is 0.769. The molecule has 4 nitrogen and oxygen atoms in total. The quantitative estimate of drug-likeness (QED) is 0.420. The first-order valence-electron chi connectivity index (χ1n) is 3.00. The molecule has 0 unspecified atom stereocenters. The zero-order chi connectivity index (χ0) is 9.30. The van der Waals surface area contributed by atoms with Crippen LogP contribution in [0.15, 0.2) is 23.6 Å². The van der Waals surface area contributed by atoms with Gasteiger partial charge in [-0.1, -0.05) is 0 Å². The predicted molar refractivity (Wildman–Crippen MR) is 36.5 cm³/mol. The van der Waals surface area contributed by atoms with Crippen molar-refractivity contribution < 1.29 is 18.8 Å². The molecular formula is C7H4FNO3. The van der Waals surface area contributed by atoms with E-state index in [4.69, 9.17) is 0 Å². The normalized spacial score (nSPS) is 17.1. The number of primary amides is 1. The number of nitrogens with two attached hydrogens (primary N) is 1. The van der Waals surface area contributed by atoms with Crippen LogP contribution in [0.1, 0.15) is 0 Å². The number of carbonyl (C=O) groups excluding carboxylic acids is 3. The number of ketones is 2. The number of hydrogen-bond acceptors (Lipinski definition) is 3. The maximum Gasteiger partial charge on any atom is 0.255 e. The summed E-state index contributed by atoms with van der Waals surface area (Å²) in [4.78, 5) is 31.8. The molecule has 0 saturated carbocycles. The van der Waals surface area contributed by atoms with E-state index in [0.29, 0.717) is 0 Å². The van der Waals surface area contributed by atoms with E-state index in [1.54, 1.807) is 0 Å². The molecule has 0 spiro atoms. The van der Waals surface area contributed by atoms with Crippen molar-refractivity contribution in [1.82, 2.24) is 0 Å². The molecule has 0 aromatic heterocycles. The lowest BCUT2D eigenvalue weighted by molar-refractivity contribution is -0.121. The van der Waals surface area contributed by atoms with Gasteiger partial charge in [0.2, 0.25) is 5.78 Å². The van der Waals surface area contributed by atoms with Crippen molar-refractivity contribution in [2.45, 2.75) is 0 Å². The zero-order valence-corrected chi connectivity index (χ0v) is 5.83. The van der Waals surface area contributed by atoms with Gasteiger partial charge in [0, 0.05) is 0 Å². The van der Waals surface area contributed by atoms with Crippen molar-refractivity contribution >= 4 is 17.5 Å². The van der Waals surface area contributed by atoms with Crippen LogP contribution in [0.3, 0.4) is 0 Å². The number of carbonyl (C=O) groups is 3. The molecule has 0 aliphatic heterocycles. The maximum absolute atomic E-state index is 12.7. The number of allylic oxidation sites excluding steroid dienone is 3. The number of amides is 1. The highest BCUT2D eigenvalue weighted by Crippen LogP contribution is 2.14. The van der Waals surface area contributed by atoms with Gasteiger partial charge in [-0.15, -0.1) is 0 Å². The maximum atomic E-state index is 12.7. The largest absolute Gasteiger partial charge is 0.365 e. The van der Waals surface area contributed by atoms with Crippen LogP contribution in [-0.2, 0) is 14.4 Å². The molecule has 62 valence electrons. The minimum Gasteiger partial charge on any atom is -0.365 e. The van der Waals surface area contributed by atoms with Gasteiger partial charge >= 0.3 is 0 Å². The summed E-state index contributed by atoms with van der Waals surface area (Å²) in [7, 11) is 0. The first-order valence-corrected chi connectivity index (χ1v) is 3.00. The van der Waals surface area contributed by atoms with Crippen molar-refractivity contribution in [3.8, 4) is 0 Å². The molecule has 0 atom stereocenters. The number of rotatable bonds is 1. The Bertz CT molecular complexity index is 341. The Morgan fingerprint density at radius 2 is 1.75 bits per heavy atom. The predicted octanol–water partition coefficient (Wildman–Crippen LogP) is -0.597. The van der Waals surface area contributed by atoms with Crippen molar-refractivity contribution in [2.75, 3.05) is 0 Å². The average Bonchev–Trinajstić information content (AvgIpc) is 1.97. The Morgan fingerprint density at radius 1 is 1.25 bits per heavy atom. The van der Waals surface area contributed by atoms with Gasteiger partial charge in [-0.05, 0) is 12.2 Å². The molecule has 0 radical (unpaired) electrons. The highest BCUT2D eigenvalue weighted by Gasteiger charge is 2.26. The van der Waals surface area contributed by atoms with Crippen LogP contribution in [0.25, 0.3) is 0 Å². The van der Waals surface area contributed by atoms with Crippen LogP contribution in [0.4, 0.5) is 4.39 Å². The molecule has 2 N–H and O–H groups in total. The van der Waals surface area contributed by atoms with Crippen LogP contribution in [-0.4, -0.2) is 17.5 Å². The van der Waals surface area contributed by atoms with Gasteiger partial charge in [0.25, 0.3) is 5.91 Å². The SMILES string of the molecule is NC(=O)C1=C(F)C(=O)C=CC1=O. The lowest BCUT2D eigenvalue weighted by Gasteiger charge is -2.03. The summed E-state index contributed by atoms with van der Waals surface area (Å²) in [6, 6.07) is 0. The van der Waals surface area contributed by atoms with E-state index in [2.05, 4.69) is 5.73 Å². The van der Waals surface area contributed by atoms with Crippen LogP contribution in [0, 0.1) is 0 Å². The molecule has 1 aliphatic carbocycles. The van der Waals surface area contributed by atoms with E-state index in [9.17, 15) is 18.8 Å². The molecule has 0 aromatic rings. The third-order valence-corrected chi connectivity index (χ3v) is 1.31. The fraction of sp³-hybridized carbons (Fsp3) is 0. The number of hydrogen-bond donors (Lipinski definition) is 1. The molecule has 1 aliphatic rings. The summed E-state index contributed by atoms with van der Waals surface area (Å²) in [6.07, 6.45) is 1.57. The highest BCUT2D eigenvalue weighted by atomic mass is 19.1. The second kappa shape index (κ2) is 2.69. The van der Waals surface area contributed by atoms with Gasteiger partial charge in [0.1, 0.15) is 5.57 Å². The Kier molecular flexibility index (Phi) is 1.86. The van der Waals surface area contributed by atoms with Crippen molar-refractivity contribution in [1.29, 1.82) is 0 Å². The molecule has 12 heavy (non-hydrogen) atoms. The van der Waals surface area contributed by atoms with E-state index in [1.165, 1.54) is 0 Å². The van der Waals surface area contributed by atoms with E-state index < -0.39 is 28.9 Å². The summed E-state index contributed by atoms with van der Waals surface area (Å²) >= 11 is 0. The zero-order valence-electron chi connectivity index (χ0n) is 5.83. The number of halogens is 1. The van der Waals surface area contributed by atoms with E-state index in [1.807, 2.05) is 0 Å². The third kappa shape index (κ3) is 1.16. The van der Waals surface area contributed by atoms with Crippen LogP contribution in [0.5, 0.6) is 0 Å². The van der Waals surface area contributed by atoms with Gasteiger partial charge in [0.05, 0.1) is 0 Å². The summed E-state index contributed by atoms with van der Waals surface area (Å²) in [6.45, 7) is 0. The second-order valence-electron chi connectivity index (χ2n) is 2.12. The molecule has 0 heterocycles. The Labute approximate surface area is 66.5 Å². The molecule has 0 bridgehead atoms. The standard InChI is InChI=1S/C7H4FNO3/c8-6-4(11)2-1-3(10)5(6)7(9)12/h1-2H,(H2,9,12). The highest BCUT2D eigenvalue weighted by molar-refractivity contribution is 6.30. The minimum atomic E-state index is -1.38. The van der Waals surface area contributed by atoms with Gasteiger partial charge in [-0.3, -0.25) is 14.4 Å². The smallest absolute Gasteiger partial charge is 0.255 e. The molecule has 1 amide bonds. The molecule has 1 rings (SSSR count). The monoisotopic (exact) mass is 169 g/mol. The Balaban J connectivity index is 3.24.